The van der Waals surface area contributed by atoms with Crippen molar-refractivity contribution in [1.29, 1.82) is 0 Å². The minimum absolute atomic E-state index is 0.0523. The summed E-state index contributed by atoms with van der Waals surface area (Å²) in [4.78, 5) is 12.7. The standard InChI is InChI=1S/C19H21NO5S/c1-13-5-4-6-14(11-13)19(9-10-19)18(21)20-26(22,23)15-7-8-16(24-2)17(12-15)25-3/h4-8,11-12H,9-10H2,1-3H3,(H,20,21). The summed E-state index contributed by atoms with van der Waals surface area (Å²) in [5, 5.41) is 0. The molecule has 1 aliphatic rings. The number of carbonyl (C=O) groups is 1. The Balaban J connectivity index is 1.87. The zero-order valence-corrected chi connectivity index (χ0v) is 15.7. The number of ether oxygens (including phenoxy) is 2. The molecule has 0 bridgehead atoms. The Kier molecular flexibility index (Phi) is 4.66. The van der Waals surface area contributed by atoms with Gasteiger partial charge in [-0.1, -0.05) is 29.8 Å². The van der Waals surface area contributed by atoms with Gasteiger partial charge in [0.05, 0.1) is 24.5 Å². The average molecular weight is 375 g/mol. The molecule has 2 aromatic carbocycles. The number of aryl methyl sites for hydroxylation is 1. The number of hydrogen-bond donors (Lipinski definition) is 1. The maximum Gasteiger partial charge on any atom is 0.264 e. The van der Waals surface area contributed by atoms with Crippen molar-refractivity contribution in [3.05, 3.63) is 53.6 Å². The monoisotopic (exact) mass is 375 g/mol. The van der Waals surface area contributed by atoms with E-state index in [1.54, 1.807) is 0 Å². The number of sulfonamides is 1. The maximum absolute atomic E-state index is 12.8. The lowest BCUT2D eigenvalue weighted by Crippen LogP contribution is -2.38. The molecule has 1 fully saturated rings. The summed E-state index contributed by atoms with van der Waals surface area (Å²) < 4.78 is 37.8. The first kappa shape index (κ1) is 18.3. The van der Waals surface area contributed by atoms with Crippen molar-refractivity contribution in [2.75, 3.05) is 14.2 Å². The number of hydrogen-bond acceptors (Lipinski definition) is 5. The van der Waals surface area contributed by atoms with Crippen LogP contribution in [-0.2, 0) is 20.2 Å². The molecule has 0 atom stereocenters. The number of nitrogens with one attached hydrogen (secondary N) is 1. The molecular weight excluding hydrogens is 354 g/mol. The van der Waals surface area contributed by atoms with Gasteiger partial charge in [-0.05, 0) is 37.5 Å². The van der Waals surface area contributed by atoms with Crippen LogP contribution in [0.1, 0.15) is 24.0 Å². The molecule has 0 spiro atoms. The van der Waals surface area contributed by atoms with Crippen LogP contribution in [0.3, 0.4) is 0 Å². The van der Waals surface area contributed by atoms with Crippen molar-refractivity contribution in [3.63, 3.8) is 0 Å². The van der Waals surface area contributed by atoms with E-state index in [1.807, 2.05) is 31.2 Å². The van der Waals surface area contributed by atoms with Gasteiger partial charge in [-0.3, -0.25) is 4.79 Å². The van der Waals surface area contributed by atoms with Crippen LogP contribution in [0, 0.1) is 6.92 Å². The van der Waals surface area contributed by atoms with Crippen LogP contribution in [0.5, 0.6) is 11.5 Å². The molecule has 1 N–H and O–H groups in total. The molecule has 6 nitrogen and oxygen atoms in total. The highest BCUT2D eigenvalue weighted by molar-refractivity contribution is 7.90. The SMILES string of the molecule is COc1ccc(S(=O)(=O)NC(=O)C2(c3cccc(C)c3)CC2)cc1OC. The average Bonchev–Trinajstić information content (AvgIpc) is 3.42. The molecule has 1 amide bonds. The molecule has 0 saturated heterocycles. The van der Waals surface area contributed by atoms with Crippen LogP contribution in [0.25, 0.3) is 0 Å². The number of methoxy groups -OCH3 is 2. The highest BCUT2D eigenvalue weighted by atomic mass is 32.2. The summed E-state index contributed by atoms with van der Waals surface area (Å²) in [6.07, 6.45) is 1.26. The second kappa shape index (κ2) is 6.64. The number of rotatable bonds is 6. The summed E-state index contributed by atoms with van der Waals surface area (Å²) in [6.45, 7) is 1.94. The van der Waals surface area contributed by atoms with Gasteiger partial charge in [-0.25, -0.2) is 13.1 Å². The van der Waals surface area contributed by atoms with Gasteiger partial charge in [-0.15, -0.1) is 0 Å². The Labute approximate surface area is 153 Å². The molecule has 26 heavy (non-hydrogen) atoms. The molecule has 3 rings (SSSR count). The molecule has 1 aliphatic carbocycles. The van der Waals surface area contributed by atoms with Crippen LogP contribution < -0.4 is 14.2 Å². The molecule has 1 saturated carbocycles. The van der Waals surface area contributed by atoms with Crippen molar-refractivity contribution in [2.24, 2.45) is 0 Å². The van der Waals surface area contributed by atoms with Gasteiger partial charge >= 0.3 is 0 Å². The van der Waals surface area contributed by atoms with Crippen molar-refractivity contribution < 1.29 is 22.7 Å². The summed E-state index contributed by atoms with van der Waals surface area (Å²) >= 11 is 0. The summed E-state index contributed by atoms with van der Waals surface area (Å²) in [7, 11) is -1.13. The van der Waals surface area contributed by atoms with Crippen LogP contribution in [0.15, 0.2) is 47.4 Å². The van der Waals surface area contributed by atoms with Crippen molar-refractivity contribution in [3.8, 4) is 11.5 Å². The Morgan fingerprint density at radius 3 is 2.31 bits per heavy atom. The number of carbonyl (C=O) groups excluding carboxylic acids is 1. The predicted octanol–water partition coefficient (Wildman–Crippen LogP) is 2.55. The second-order valence-electron chi connectivity index (χ2n) is 6.40. The largest absolute Gasteiger partial charge is 0.493 e. The van der Waals surface area contributed by atoms with Gasteiger partial charge in [0.1, 0.15) is 0 Å². The van der Waals surface area contributed by atoms with Gasteiger partial charge in [0.25, 0.3) is 10.0 Å². The molecule has 0 aromatic heterocycles. The highest BCUT2D eigenvalue weighted by Crippen LogP contribution is 2.48. The predicted molar refractivity (Wildman–Crippen MR) is 97.0 cm³/mol. The Morgan fingerprint density at radius 1 is 1.04 bits per heavy atom. The van der Waals surface area contributed by atoms with E-state index < -0.39 is 21.3 Å². The van der Waals surface area contributed by atoms with Gasteiger partial charge in [0.2, 0.25) is 5.91 Å². The summed E-state index contributed by atoms with van der Waals surface area (Å²) in [6, 6.07) is 11.8. The van der Waals surface area contributed by atoms with E-state index in [0.717, 1.165) is 11.1 Å². The van der Waals surface area contributed by atoms with Crippen LogP contribution >= 0.6 is 0 Å². The van der Waals surface area contributed by atoms with E-state index in [2.05, 4.69) is 4.72 Å². The summed E-state index contributed by atoms with van der Waals surface area (Å²) in [5.74, 6) is 0.191. The second-order valence-corrected chi connectivity index (χ2v) is 8.09. The van der Waals surface area contributed by atoms with Crippen LogP contribution in [-0.4, -0.2) is 28.5 Å². The van der Waals surface area contributed by atoms with Crippen LogP contribution in [0.4, 0.5) is 0 Å². The zero-order chi connectivity index (χ0) is 18.9. The molecule has 0 unspecified atom stereocenters. The van der Waals surface area contributed by atoms with Gasteiger partial charge in [0, 0.05) is 6.07 Å². The summed E-state index contributed by atoms with van der Waals surface area (Å²) in [5.41, 5.74) is 1.11. The van der Waals surface area contributed by atoms with E-state index >= 15 is 0 Å². The van der Waals surface area contributed by atoms with E-state index in [9.17, 15) is 13.2 Å². The molecule has 138 valence electrons. The smallest absolute Gasteiger partial charge is 0.264 e. The first-order valence-corrected chi connectivity index (χ1v) is 9.67. The molecule has 0 aliphatic heterocycles. The maximum atomic E-state index is 12.8. The normalized spacial score (nSPS) is 15.2. The van der Waals surface area contributed by atoms with E-state index in [4.69, 9.17) is 9.47 Å². The molecular formula is C19H21NO5S. The fourth-order valence-corrected chi connectivity index (χ4v) is 4.04. The lowest BCUT2D eigenvalue weighted by atomic mass is 9.94. The van der Waals surface area contributed by atoms with Gasteiger partial charge < -0.3 is 9.47 Å². The molecule has 0 radical (unpaired) electrons. The third-order valence-corrected chi connectivity index (χ3v) is 5.98. The Bertz CT molecular complexity index is 948. The van der Waals surface area contributed by atoms with Gasteiger partial charge in [-0.2, -0.15) is 0 Å². The number of amides is 1. The van der Waals surface area contributed by atoms with Gasteiger partial charge in [0.15, 0.2) is 11.5 Å². The highest BCUT2D eigenvalue weighted by Gasteiger charge is 2.52. The third-order valence-electron chi connectivity index (χ3n) is 4.65. The van der Waals surface area contributed by atoms with E-state index in [0.29, 0.717) is 18.6 Å². The number of benzene rings is 2. The van der Waals surface area contributed by atoms with E-state index in [1.165, 1.54) is 32.4 Å². The third kappa shape index (κ3) is 3.26. The molecule has 2 aromatic rings. The lowest BCUT2D eigenvalue weighted by molar-refractivity contribution is -0.121. The fraction of sp³-hybridized carbons (Fsp3) is 0.316. The fourth-order valence-electron chi connectivity index (χ4n) is 2.98. The first-order valence-electron chi connectivity index (χ1n) is 8.19. The van der Waals surface area contributed by atoms with Crippen molar-refractivity contribution in [1.82, 2.24) is 4.72 Å². The van der Waals surface area contributed by atoms with E-state index in [-0.39, 0.29) is 10.6 Å². The van der Waals surface area contributed by atoms with Crippen molar-refractivity contribution in [2.45, 2.75) is 30.1 Å². The first-order chi connectivity index (χ1) is 12.3. The topological polar surface area (TPSA) is 81.7 Å². The Morgan fingerprint density at radius 2 is 1.73 bits per heavy atom. The minimum atomic E-state index is -4.01. The van der Waals surface area contributed by atoms with Crippen molar-refractivity contribution >= 4 is 15.9 Å². The zero-order valence-electron chi connectivity index (χ0n) is 14.9. The minimum Gasteiger partial charge on any atom is -0.493 e. The molecule has 0 heterocycles. The lowest BCUT2D eigenvalue weighted by Gasteiger charge is -2.17. The van der Waals surface area contributed by atoms with Crippen LogP contribution in [0.2, 0.25) is 0 Å². The Hall–Kier alpha value is -2.54. The molecule has 7 heteroatoms. The quantitative estimate of drug-likeness (QED) is 0.839.